The van der Waals surface area contributed by atoms with Crippen LogP contribution >= 0.6 is 0 Å². The van der Waals surface area contributed by atoms with Crippen LogP contribution in [0, 0.1) is 5.41 Å². The smallest absolute Gasteiger partial charge is 0.115 e. The van der Waals surface area contributed by atoms with E-state index in [0.717, 1.165) is 6.54 Å². The first-order valence-corrected chi connectivity index (χ1v) is 7.47. The van der Waals surface area contributed by atoms with Gasteiger partial charge in [-0.05, 0) is 61.9 Å². The van der Waals surface area contributed by atoms with Gasteiger partial charge in [-0.1, -0.05) is 12.1 Å². The maximum Gasteiger partial charge on any atom is 0.115 e. The van der Waals surface area contributed by atoms with Crippen LogP contribution in [-0.4, -0.2) is 36.2 Å². The van der Waals surface area contributed by atoms with Crippen molar-refractivity contribution < 1.29 is 5.11 Å². The Labute approximate surface area is 115 Å². The Kier molecular flexibility index (Phi) is 3.76. The zero-order chi connectivity index (χ0) is 13.1. The number of hydrogen-bond acceptors (Lipinski definition) is 3. The molecule has 1 aromatic rings. The summed E-state index contributed by atoms with van der Waals surface area (Å²) in [6, 6.07) is 7.65. The van der Waals surface area contributed by atoms with Gasteiger partial charge in [0.1, 0.15) is 5.75 Å². The monoisotopic (exact) mass is 260 g/mol. The first kappa shape index (κ1) is 12.9. The van der Waals surface area contributed by atoms with Gasteiger partial charge in [0.05, 0.1) is 0 Å². The van der Waals surface area contributed by atoms with Gasteiger partial charge < -0.3 is 10.4 Å². The van der Waals surface area contributed by atoms with Gasteiger partial charge >= 0.3 is 0 Å². The van der Waals surface area contributed by atoms with Crippen LogP contribution in [0.3, 0.4) is 0 Å². The molecule has 3 heteroatoms. The fourth-order valence-electron chi connectivity index (χ4n) is 3.68. The number of phenolic OH excluding ortho intramolecular Hbond substituents is 1. The van der Waals surface area contributed by atoms with Crippen LogP contribution in [0.5, 0.6) is 5.75 Å². The van der Waals surface area contributed by atoms with Crippen LogP contribution in [-0.2, 0) is 6.54 Å². The Morgan fingerprint density at radius 3 is 2.68 bits per heavy atom. The molecule has 1 atom stereocenters. The van der Waals surface area contributed by atoms with E-state index >= 15 is 0 Å². The van der Waals surface area contributed by atoms with E-state index in [2.05, 4.69) is 10.2 Å². The lowest BCUT2D eigenvalue weighted by Gasteiger charge is -2.45. The normalized spacial score (nSPS) is 28.6. The molecule has 0 aromatic heterocycles. The predicted molar refractivity (Wildman–Crippen MR) is 77.2 cm³/mol. The van der Waals surface area contributed by atoms with Gasteiger partial charge in [0.2, 0.25) is 0 Å². The highest BCUT2D eigenvalue weighted by molar-refractivity contribution is 5.25. The molecule has 3 nitrogen and oxygen atoms in total. The Bertz CT molecular complexity index is 404. The van der Waals surface area contributed by atoms with E-state index < -0.39 is 0 Å². The van der Waals surface area contributed by atoms with Crippen LogP contribution in [0.4, 0.5) is 0 Å². The first-order chi connectivity index (χ1) is 9.26. The predicted octanol–water partition coefficient (Wildman–Crippen LogP) is 2.36. The van der Waals surface area contributed by atoms with Gasteiger partial charge in [0, 0.05) is 19.6 Å². The number of nitrogens with zero attached hydrogens (tertiary/aromatic N) is 1. The Morgan fingerprint density at radius 1 is 1.16 bits per heavy atom. The Morgan fingerprint density at radius 2 is 1.95 bits per heavy atom. The van der Waals surface area contributed by atoms with Crippen molar-refractivity contribution in [3.63, 3.8) is 0 Å². The zero-order valence-electron chi connectivity index (χ0n) is 11.6. The molecule has 0 aliphatic carbocycles. The molecule has 2 heterocycles. The molecular weight excluding hydrogens is 236 g/mol. The number of phenols is 1. The van der Waals surface area contributed by atoms with Crippen LogP contribution in [0.2, 0.25) is 0 Å². The molecule has 1 spiro atoms. The summed E-state index contributed by atoms with van der Waals surface area (Å²) in [6.45, 7) is 5.84. The summed E-state index contributed by atoms with van der Waals surface area (Å²) in [4.78, 5) is 2.59. The minimum atomic E-state index is 0.357. The summed E-state index contributed by atoms with van der Waals surface area (Å²) in [7, 11) is 0. The molecule has 0 bridgehead atoms. The summed E-state index contributed by atoms with van der Waals surface area (Å²) in [5, 5.41) is 12.9. The van der Waals surface area contributed by atoms with Crippen molar-refractivity contribution in [2.45, 2.75) is 32.2 Å². The number of aromatic hydroxyl groups is 1. The zero-order valence-corrected chi connectivity index (χ0v) is 11.6. The number of nitrogens with one attached hydrogen (secondary N) is 1. The first-order valence-electron chi connectivity index (χ1n) is 7.47. The molecule has 2 N–H and O–H groups in total. The van der Waals surface area contributed by atoms with E-state index in [-0.39, 0.29) is 0 Å². The maximum atomic E-state index is 9.34. The van der Waals surface area contributed by atoms with E-state index in [0.29, 0.717) is 11.2 Å². The van der Waals surface area contributed by atoms with Crippen molar-refractivity contribution in [3.05, 3.63) is 29.8 Å². The fourth-order valence-corrected chi connectivity index (χ4v) is 3.68. The molecule has 2 aliphatic rings. The molecule has 3 rings (SSSR count). The Hall–Kier alpha value is -1.06. The minimum Gasteiger partial charge on any atom is -0.508 e. The third-order valence-corrected chi connectivity index (χ3v) is 4.64. The molecule has 2 aliphatic heterocycles. The summed E-state index contributed by atoms with van der Waals surface area (Å²) in [5.74, 6) is 0.357. The lowest BCUT2D eigenvalue weighted by atomic mass is 9.74. The van der Waals surface area contributed by atoms with Gasteiger partial charge in [-0.2, -0.15) is 0 Å². The standard InChI is InChI=1S/C16H24N2O/c19-15-5-3-14(4-6-15)11-18-10-2-8-16(13-18)7-1-9-17-12-16/h3-6,17,19H,1-2,7-13H2. The molecule has 1 aromatic carbocycles. The third-order valence-electron chi connectivity index (χ3n) is 4.64. The lowest BCUT2D eigenvalue weighted by Crippen LogP contribution is -2.50. The minimum absolute atomic E-state index is 0.357. The van der Waals surface area contributed by atoms with E-state index in [1.165, 1.54) is 57.4 Å². The van der Waals surface area contributed by atoms with Crippen LogP contribution in [0.1, 0.15) is 31.2 Å². The average Bonchev–Trinajstić information content (AvgIpc) is 2.42. The van der Waals surface area contributed by atoms with E-state index in [1.807, 2.05) is 12.1 Å². The third kappa shape index (κ3) is 3.10. The molecule has 2 saturated heterocycles. The maximum absolute atomic E-state index is 9.34. The molecule has 0 amide bonds. The van der Waals surface area contributed by atoms with Crippen LogP contribution in [0.15, 0.2) is 24.3 Å². The van der Waals surface area contributed by atoms with Crippen molar-refractivity contribution in [2.75, 3.05) is 26.2 Å². The number of rotatable bonds is 2. The molecule has 0 saturated carbocycles. The molecule has 2 fully saturated rings. The van der Waals surface area contributed by atoms with E-state index in [9.17, 15) is 5.11 Å². The number of piperidine rings is 2. The van der Waals surface area contributed by atoms with Gasteiger partial charge in [0.15, 0.2) is 0 Å². The highest BCUT2D eigenvalue weighted by Crippen LogP contribution is 2.36. The summed E-state index contributed by atoms with van der Waals surface area (Å²) < 4.78 is 0. The largest absolute Gasteiger partial charge is 0.508 e. The van der Waals surface area contributed by atoms with Gasteiger partial charge in [-0.3, -0.25) is 4.90 Å². The summed E-state index contributed by atoms with van der Waals surface area (Å²) in [5.41, 5.74) is 1.83. The van der Waals surface area contributed by atoms with Gasteiger partial charge in [-0.25, -0.2) is 0 Å². The van der Waals surface area contributed by atoms with Crippen molar-refractivity contribution in [1.29, 1.82) is 0 Å². The van der Waals surface area contributed by atoms with Crippen molar-refractivity contribution in [2.24, 2.45) is 5.41 Å². The second-order valence-corrected chi connectivity index (χ2v) is 6.26. The van der Waals surface area contributed by atoms with Crippen LogP contribution in [0.25, 0.3) is 0 Å². The SMILES string of the molecule is Oc1ccc(CN2CCCC3(CCCNC3)C2)cc1. The number of hydrogen-bond donors (Lipinski definition) is 2. The highest BCUT2D eigenvalue weighted by Gasteiger charge is 2.36. The van der Waals surface area contributed by atoms with Gasteiger partial charge in [-0.15, -0.1) is 0 Å². The van der Waals surface area contributed by atoms with Crippen molar-refractivity contribution in [1.82, 2.24) is 10.2 Å². The molecule has 1 unspecified atom stereocenters. The van der Waals surface area contributed by atoms with Crippen molar-refractivity contribution in [3.8, 4) is 5.75 Å². The molecule has 19 heavy (non-hydrogen) atoms. The summed E-state index contributed by atoms with van der Waals surface area (Å²) >= 11 is 0. The Balaban J connectivity index is 1.63. The number of likely N-dealkylation sites (tertiary alicyclic amines) is 1. The molecule has 104 valence electrons. The van der Waals surface area contributed by atoms with E-state index in [4.69, 9.17) is 0 Å². The number of benzene rings is 1. The fraction of sp³-hybridized carbons (Fsp3) is 0.625. The highest BCUT2D eigenvalue weighted by atomic mass is 16.3. The topological polar surface area (TPSA) is 35.5 Å². The second kappa shape index (κ2) is 5.51. The second-order valence-electron chi connectivity index (χ2n) is 6.26. The van der Waals surface area contributed by atoms with Gasteiger partial charge in [0.25, 0.3) is 0 Å². The van der Waals surface area contributed by atoms with Crippen LogP contribution < -0.4 is 5.32 Å². The average molecular weight is 260 g/mol. The molecule has 0 radical (unpaired) electrons. The quantitative estimate of drug-likeness (QED) is 0.857. The van der Waals surface area contributed by atoms with E-state index in [1.54, 1.807) is 12.1 Å². The van der Waals surface area contributed by atoms with Crippen molar-refractivity contribution >= 4 is 0 Å². The molecular formula is C16H24N2O. The summed E-state index contributed by atoms with van der Waals surface area (Å²) in [6.07, 6.45) is 5.41. The lowest BCUT2D eigenvalue weighted by molar-refractivity contribution is 0.0600.